The fourth-order valence-corrected chi connectivity index (χ4v) is 3.54. The Balaban J connectivity index is 1.60. The third-order valence-electron chi connectivity index (χ3n) is 4.00. The Hall–Kier alpha value is -2.47. The van der Waals surface area contributed by atoms with Crippen molar-refractivity contribution in [2.45, 2.75) is 18.9 Å². The number of hydrogen-bond acceptors (Lipinski definition) is 5. The monoisotopic (exact) mass is 325 g/mol. The Morgan fingerprint density at radius 1 is 1.22 bits per heavy atom. The topological polar surface area (TPSA) is 59.2 Å². The molecular weight excluding hydrogens is 310 g/mol. The molecule has 0 saturated carbocycles. The summed E-state index contributed by atoms with van der Waals surface area (Å²) in [4.78, 5) is 20.0. The minimum atomic E-state index is -0.135. The molecule has 1 amide bonds. The second kappa shape index (κ2) is 5.96. The zero-order valence-electron chi connectivity index (χ0n) is 12.4. The lowest BCUT2D eigenvalue weighted by Gasteiger charge is -2.21. The number of benzene rings is 1. The molecule has 0 bridgehead atoms. The van der Waals surface area contributed by atoms with Crippen molar-refractivity contribution in [3.05, 3.63) is 59.3 Å². The molecule has 4 rings (SSSR count). The van der Waals surface area contributed by atoms with Gasteiger partial charge in [-0.2, -0.15) is 4.98 Å². The van der Waals surface area contributed by atoms with E-state index in [2.05, 4.69) is 10.1 Å². The maximum absolute atomic E-state index is 12.7. The van der Waals surface area contributed by atoms with Crippen molar-refractivity contribution in [1.82, 2.24) is 15.0 Å². The van der Waals surface area contributed by atoms with Crippen molar-refractivity contribution in [3.8, 4) is 10.7 Å². The molecule has 1 aromatic carbocycles. The Morgan fingerprint density at radius 2 is 2.09 bits per heavy atom. The van der Waals surface area contributed by atoms with Gasteiger partial charge in [0.2, 0.25) is 11.7 Å². The standard InChI is InChI=1S/C17H15N3O2S/c21-17(12-6-2-1-3-7-12)20-10-4-8-13(20)16-18-15(19-22-16)14-9-5-11-23-14/h1-3,5-7,9,11,13H,4,8,10H2/t13-/m1/s1. The molecule has 3 aromatic rings. The highest BCUT2D eigenvalue weighted by atomic mass is 32.1. The molecule has 1 aliphatic heterocycles. The van der Waals surface area contributed by atoms with Crippen molar-refractivity contribution in [3.63, 3.8) is 0 Å². The van der Waals surface area contributed by atoms with Gasteiger partial charge in [0.25, 0.3) is 5.91 Å². The molecule has 1 fully saturated rings. The molecule has 0 aliphatic carbocycles. The van der Waals surface area contributed by atoms with Crippen LogP contribution in [0.2, 0.25) is 0 Å². The minimum absolute atomic E-state index is 0.0176. The maximum atomic E-state index is 12.7. The number of hydrogen-bond donors (Lipinski definition) is 0. The summed E-state index contributed by atoms with van der Waals surface area (Å²) in [5.74, 6) is 1.13. The number of thiophene rings is 1. The average molecular weight is 325 g/mol. The van der Waals surface area contributed by atoms with Crippen LogP contribution in [-0.4, -0.2) is 27.5 Å². The van der Waals surface area contributed by atoms with Gasteiger partial charge in [-0.3, -0.25) is 4.79 Å². The smallest absolute Gasteiger partial charge is 0.254 e. The summed E-state index contributed by atoms with van der Waals surface area (Å²) < 4.78 is 5.44. The maximum Gasteiger partial charge on any atom is 0.254 e. The highest BCUT2D eigenvalue weighted by Crippen LogP contribution is 2.33. The first-order valence-electron chi connectivity index (χ1n) is 7.56. The molecule has 2 aromatic heterocycles. The molecule has 116 valence electrons. The van der Waals surface area contributed by atoms with Crippen LogP contribution in [0.5, 0.6) is 0 Å². The molecule has 1 aliphatic rings. The van der Waals surface area contributed by atoms with E-state index in [1.54, 1.807) is 11.3 Å². The number of likely N-dealkylation sites (tertiary alicyclic amines) is 1. The third kappa shape index (κ3) is 2.66. The first kappa shape index (κ1) is 14.1. The van der Waals surface area contributed by atoms with Crippen molar-refractivity contribution < 1.29 is 9.32 Å². The molecule has 1 saturated heterocycles. The van der Waals surface area contributed by atoms with E-state index in [0.29, 0.717) is 17.3 Å². The quantitative estimate of drug-likeness (QED) is 0.735. The molecular formula is C17H15N3O2S. The predicted molar refractivity (Wildman–Crippen MR) is 87.1 cm³/mol. The number of carbonyl (C=O) groups is 1. The number of aromatic nitrogens is 2. The second-order valence-electron chi connectivity index (χ2n) is 5.46. The van der Waals surface area contributed by atoms with E-state index in [1.165, 1.54) is 0 Å². The number of rotatable bonds is 3. The summed E-state index contributed by atoms with van der Waals surface area (Å²) >= 11 is 1.57. The average Bonchev–Trinajstić information content (AvgIpc) is 3.34. The molecule has 0 unspecified atom stereocenters. The lowest BCUT2D eigenvalue weighted by molar-refractivity contribution is 0.0710. The highest BCUT2D eigenvalue weighted by Gasteiger charge is 2.34. The summed E-state index contributed by atoms with van der Waals surface area (Å²) in [6, 6.07) is 13.1. The number of amides is 1. The van der Waals surface area contributed by atoms with Crippen molar-refractivity contribution in [2.75, 3.05) is 6.54 Å². The lowest BCUT2D eigenvalue weighted by Crippen LogP contribution is -2.30. The molecule has 23 heavy (non-hydrogen) atoms. The van der Waals surface area contributed by atoms with Gasteiger partial charge in [0.05, 0.1) is 4.88 Å². The van der Waals surface area contributed by atoms with Crippen molar-refractivity contribution in [1.29, 1.82) is 0 Å². The van der Waals surface area contributed by atoms with E-state index >= 15 is 0 Å². The Morgan fingerprint density at radius 3 is 2.87 bits per heavy atom. The summed E-state index contributed by atoms with van der Waals surface area (Å²) in [6.45, 7) is 0.717. The summed E-state index contributed by atoms with van der Waals surface area (Å²) in [5.41, 5.74) is 0.692. The Kier molecular flexibility index (Phi) is 3.67. The van der Waals surface area contributed by atoms with Gasteiger partial charge < -0.3 is 9.42 Å². The van der Waals surface area contributed by atoms with E-state index < -0.39 is 0 Å². The van der Waals surface area contributed by atoms with Crippen LogP contribution in [-0.2, 0) is 0 Å². The highest BCUT2D eigenvalue weighted by molar-refractivity contribution is 7.13. The number of carbonyl (C=O) groups excluding carboxylic acids is 1. The molecule has 0 radical (unpaired) electrons. The van der Waals surface area contributed by atoms with Crippen molar-refractivity contribution in [2.24, 2.45) is 0 Å². The van der Waals surface area contributed by atoms with Gasteiger partial charge in [0.15, 0.2) is 0 Å². The van der Waals surface area contributed by atoms with Crippen LogP contribution in [0.25, 0.3) is 10.7 Å². The molecule has 1 atom stereocenters. The van der Waals surface area contributed by atoms with E-state index in [0.717, 1.165) is 24.3 Å². The van der Waals surface area contributed by atoms with E-state index in [-0.39, 0.29) is 11.9 Å². The van der Waals surface area contributed by atoms with Gasteiger partial charge in [-0.25, -0.2) is 0 Å². The first-order chi connectivity index (χ1) is 11.3. The number of nitrogens with zero attached hydrogens (tertiary/aromatic N) is 3. The molecule has 3 heterocycles. The van der Waals surface area contributed by atoms with Crippen LogP contribution in [0.15, 0.2) is 52.4 Å². The molecule has 5 nitrogen and oxygen atoms in total. The summed E-state index contributed by atoms with van der Waals surface area (Å²) in [7, 11) is 0. The van der Waals surface area contributed by atoms with E-state index in [4.69, 9.17) is 4.52 Å². The Labute approximate surface area is 137 Å². The van der Waals surface area contributed by atoms with Gasteiger partial charge in [0, 0.05) is 12.1 Å². The van der Waals surface area contributed by atoms with Crippen molar-refractivity contribution >= 4 is 17.2 Å². The second-order valence-corrected chi connectivity index (χ2v) is 6.40. The van der Waals surface area contributed by atoms with Gasteiger partial charge in [-0.05, 0) is 36.4 Å². The SMILES string of the molecule is O=C(c1ccccc1)N1CCC[C@@H]1c1nc(-c2cccs2)no1. The Bertz CT molecular complexity index is 798. The third-order valence-corrected chi connectivity index (χ3v) is 4.87. The lowest BCUT2D eigenvalue weighted by atomic mass is 10.1. The van der Waals surface area contributed by atoms with Crippen LogP contribution < -0.4 is 0 Å². The largest absolute Gasteiger partial charge is 0.337 e. The van der Waals surface area contributed by atoms with Gasteiger partial charge in [0.1, 0.15) is 6.04 Å². The van der Waals surface area contributed by atoms with Gasteiger partial charge in [-0.1, -0.05) is 29.4 Å². The van der Waals surface area contributed by atoms with Crippen LogP contribution in [0.1, 0.15) is 35.1 Å². The van der Waals surface area contributed by atoms with E-state index in [9.17, 15) is 4.79 Å². The normalized spacial score (nSPS) is 17.6. The molecule has 0 N–H and O–H groups in total. The first-order valence-corrected chi connectivity index (χ1v) is 8.44. The minimum Gasteiger partial charge on any atom is -0.337 e. The summed E-state index contributed by atoms with van der Waals surface area (Å²) in [6.07, 6.45) is 1.80. The predicted octanol–water partition coefficient (Wildman–Crippen LogP) is 3.78. The summed E-state index contributed by atoms with van der Waals surface area (Å²) in [5, 5.41) is 6.03. The molecule has 0 spiro atoms. The van der Waals surface area contributed by atoms with Crippen LogP contribution in [0.4, 0.5) is 0 Å². The van der Waals surface area contributed by atoms with Crippen LogP contribution in [0, 0.1) is 0 Å². The fourth-order valence-electron chi connectivity index (χ4n) is 2.89. The van der Waals surface area contributed by atoms with Crippen LogP contribution in [0.3, 0.4) is 0 Å². The molecule has 6 heteroatoms. The fraction of sp³-hybridized carbons (Fsp3) is 0.235. The van der Waals surface area contributed by atoms with Gasteiger partial charge >= 0.3 is 0 Å². The zero-order valence-corrected chi connectivity index (χ0v) is 13.2. The zero-order chi connectivity index (χ0) is 15.6. The van der Waals surface area contributed by atoms with Crippen LogP contribution >= 0.6 is 11.3 Å². The van der Waals surface area contributed by atoms with Gasteiger partial charge in [-0.15, -0.1) is 11.3 Å². The van der Waals surface area contributed by atoms with E-state index in [1.807, 2.05) is 52.7 Å².